The maximum atomic E-state index is 11.7. The molecular weight excluding hydrogens is 224 g/mol. The number of carbonyl (C=O) groups is 1. The van der Waals surface area contributed by atoms with Gasteiger partial charge in [0.15, 0.2) is 0 Å². The van der Waals surface area contributed by atoms with E-state index < -0.39 is 10.9 Å². The van der Waals surface area contributed by atoms with Crippen LogP contribution in [0.5, 0.6) is 0 Å². The van der Waals surface area contributed by atoms with E-state index in [1.165, 1.54) is 6.08 Å². The van der Waals surface area contributed by atoms with Crippen molar-refractivity contribution >= 4 is 12.0 Å². The molecule has 0 spiro atoms. The van der Waals surface area contributed by atoms with Crippen molar-refractivity contribution < 1.29 is 14.5 Å². The molecular formula is C11H14N2O4. The number of aryl methyl sites for hydroxylation is 2. The van der Waals surface area contributed by atoms with Gasteiger partial charge in [0, 0.05) is 23.0 Å². The van der Waals surface area contributed by atoms with E-state index in [4.69, 9.17) is 4.74 Å². The van der Waals surface area contributed by atoms with Gasteiger partial charge in [0.25, 0.3) is 0 Å². The summed E-state index contributed by atoms with van der Waals surface area (Å²) in [5.41, 5.74) is 2.19. The second-order valence-corrected chi connectivity index (χ2v) is 3.49. The Morgan fingerprint density at radius 1 is 1.47 bits per heavy atom. The molecule has 0 amide bonds. The number of carbonyl (C=O) groups excluding carboxylic acids is 1. The second-order valence-electron chi connectivity index (χ2n) is 3.49. The van der Waals surface area contributed by atoms with Crippen molar-refractivity contribution in [2.75, 3.05) is 6.61 Å². The molecule has 0 radical (unpaired) electrons. The van der Waals surface area contributed by atoms with Crippen LogP contribution in [0.25, 0.3) is 6.08 Å². The van der Waals surface area contributed by atoms with Crippen LogP contribution in [0.2, 0.25) is 0 Å². The van der Waals surface area contributed by atoms with Gasteiger partial charge >= 0.3 is 5.97 Å². The average Bonchev–Trinajstić information content (AvgIpc) is 2.50. The first-order valence-electron chi connectivity index (χ1n) is 5.15. The van der Waals surface area contributed by atoms with Gasteiger partial charge < -0.3 is 9.72 Å². The minimum absolute atomic E-state index is 0.265. The van der Waals surface area contributed by atoms with Crippen LogP contribution in [-0.4, -0.2) is 22.5 Å². The van der Waals surface area contributed by atoms with Crippen LogP contribution in [0.15, 0.2) is 6.20 Å². The molecule has 17 heavy (non-hydrogen) atoms. The molecule has 1 N–H and O–H groups in total. The van der Waals surface area contributed by atoms with Crippen LogP contribution >= 0.6 is 0 Å². The maximum Gasteiger partial charge on any atom is 0.340 e. The van der Waals surface area contributed by atoms with Crippen molar-refractivity contribution in [2.24, 2.45) is 0 Å². The molecule has 0 atom stereocenters. The van der Waals surface area contributed by atoms with Gasteiger partial charge in [-0.05, 0) is 20.8 Å². The zero-order chi connectivity index (χ0) is 13.0. The lowest BCUT2D eigenvalue weighted by Crippen LogP contribution is -2.06. The fourth-order valence-electron chi connectivity index (χ4n) is 1.61. The minimum atomic E-state index is -0.573. The van der Waals surface area contributed by atoms with Gasteiger partial charge in [-0.25, -0.2) is 4.79 Å². The third-order valence-electron chi connectivity index (χ3n) is 2.27. The van der Waals surface area contributed by atoms with E-state index in [2.05, 4.69) is 4.98 Å². The fourth-order valence-corrected chi connectivity index (χ4v) is 1.61. The van der Waals surface area contributed by atoms with E-state index in [9.17, 15) is 14.9 Å². The standard InChI is InChI=1S/C11H14N2O4/c1-4-17-11(14)10-8(3)12-7(2)9(10)5-6-13(15)16/h5-6,12H,4H2,1-3H3/b6-5+. The number of rotatable bonds is 4. The molecule has 0 aromatic carbocycles. The maximum absolute atomic E-state index is 11.7. The van der Waals surface area contributed by atoms with Crippen molar-refractivity contribution in [3.8, 4) is 0 Å². The van der Waals surface area contributed by atoms with Gasteiger partial charge in [0.05, 0.1) is 17.1 Å². The molecule has 0 unspecified atom stereocenters. The van der Waals surface area contributed by atoms with Gasteiger partial charge in [0.1, 0.15) is 0 Å². The lowest BCUT2D eigenvalue weighted by molar-refractivity contribution is -0.400. The zero-order valence-corrected chi connectivity index (χ0v) is 9.94. The molecule has 0 aliphatic heterocycles. The molecule has 6 nitrogen and oxygen atoms in total. The predicted octanol–water partition coefficient (Wildman–Crippen LogP) is 2.06. The van der Waals surface area contributed by atoms with E-state index in [0.717, 1.165) is 6.20 Å². The van der Waals surface area contributed by atoms with Crippen molar-refractivity contribution in [1.29, 1.82) is 0 Å². The summed E-state index contributed by atoms with van der Waals surface area (Å²) in [6.07, 6.45) is 2.10. The topological polar surface area (TPSA) is 85.2 Å². The molecule has 1 aromatic rings. The van der Waals surface area contributed by atoms with Crippen LogP contribution in [0.4, 0.5) is 0 Å². The number of aromatic nitrogens is 1. The lowest BCUT2D eigenvalue weighted by Gasteiger charge is -2.02. The molecule has 1 heterocycles. The Hall–Kier alpha value is -2.11. The number of H-pyrrole nitrogens is 1. The summed E-state index contributed by atoms with van der Waals surface area (Å²) in [7, 11) is 0. The second kappa shape index (κ2) is 5.29. The van der Waals surface area contributed by atoms with Crippen molar-refractivity contribution in [3.63, 3.8) is 0 Å². The van der Waals surface area contributed by atoms with Crippen LogP contribution in [0.1, 0.15) is 34.2 Å². The molecule has 0 saturated carbocycles. The van der Waals surface area contributed by atoms with Gasteiger partial charge in [0.2, 0.25) is 6.20 Å². The van der Waals surface area contributed by atoms with Crippen molar-refractivity contribution in [1.82, 2.24) is 4.98 Å². The van der Waals surface area contributed by atoms with Gasteiger partial charge in [-0.15, -0.1) is 0 Å². The van der Waals surface area contributed by atoms with E-state index in [1.54, 1.807) is 20.8 Å². The fraction of sp³-hybridized carbons (Fsp3) is 0.364. The quantitative estimate of drug-likeness (QED) is 0.494. The molecule has 0 aliphatic carbocycles. The highest BCUT2D eigenvalue weighted by molar-refractivity contribution is 5.95. The zero-order valence-electron chi connectivity index (χ0n) is 9.94. The summed E-state index contributed by atoms with van der Waals surface area (Å²) >= 11 is 0. The minimum Gasteiger partial charge on any atom is -0.462 e. The van der Waals surface area contributed by atoms with E-state index >= 15 is 0 Å². The van der Waals surface area contributed by atoms with E-state index in [-0.39, 0.29) is 6.61 Å². The summed E-state index contributed by atoms with van der Waals surface area (Å²) in [5, 5.41) is 10.3. The number of nitrogens with zero attached hydrogens (tertiary/aromatic N) is 1. The predicted molar refractivity (Wildman–Crippen MR) is 62.3 cm³/mol. The summed E-state index contributed by atoms with van der Waals surface area (Å²) in [6, 6.07) is 0. The highest BCUT2D eigenvalue weighted by atomic mass is 16.6. The summed E-state index contributed by atoms with van der Waals surface area (Å²) in [4.78, 5) is 24.4. The first-order chi connectivity index (χ1) is 7.97. The Labute approximate surface area is 98.4 Å². The molecule has 92 valence electrons. The molecule has 1 rings (SSSR count). The van der Waals surface area contributed by atoms with E-state index in [0.29, 0.717) is 22.5 Å². The Morgan fingerprint density at radius 3 is 2.65 bits per heavy atom. The summed E-state index contributed by atoms with van der Waals surface area (Å²) in [5.74, 6) is -0.475. The molecule has 0 bridgehead atoms. The molecule has 0 aliphatic rings. The number of aromatic amines is 1. The molecule has 0 fully saturated rings. The third-order valence-corrected chi connectivity index (χ3v) is 2.27. The largest absolute Gasteiger partial charge is 0.462 e. The average molecular weight is 238 g/mol. The van der Waals surface area contributed by atoms with Crippen LogP contribution in [0, 0.1) is 24.0 Å². The number of ether oxygens (including phenoxy) is 1. The van der Waals surface area contributed by atoms with Gasteiger partial charge in [-0.2, -0.15) is 0 Å². The smallest absolute Gasteiger partial charge is 0.340 e. The normalized spacial score (nSPS) is 10.8. The first-order valence-corrected chi connectivity index (χ1v) is 5.15. The summed E-state index contributed by atoms with van der Waals surface area (Å²) < 4.78 is 4.91. The van der Waals surface area contributed by atoms with Gasteiger partial charge in [-0.3, -0.25) is 10.1 Å². The van der Waals surface area contributed by atoms with Crippen molar-refractivity contribution in [2.45, 2.75) is 20.8 Å². The van der Waals surface area contributed by atoms with Crippen LogP contribution < -0.4 is 0 Å². The number of esters is 1. The molecule has 6 heteroatoms. The highest BCUT2D eigenvalue weighted by Crippen LogP contribution is 2.20. The lowest BCUT2D eigenvalue weighted by atomic mass is 10.1. The monoisotopic (exact) mass is 238 g/mol. The third kappa shape index (κ3) is 2.93. The number of hydrogen-bond acceptors (Lipinski definition) is 4. The van der Waals surface area contributed by atoms with E-state index in [1.807, 2.05) is 0 Å². The molecule has 1 aromatic heterocycles. The first kappa shape index (κ1) is 13.0. The summed E-state index contributed by atoms with van der Waals surface area (Å²) in [6.45, 7) is 5.44. The number of nitrogens with one attached hydrogen (secondary N) is 1. The highest BCUT2D eigenvalue weighted by Gasteiger charge is 2.19. The Bertz CT molecular complexity index is 474. The Morgan fingerprint density at radius 2 is 2.12 bits per heavy atom. The Kier molecular flexibility index (Phi) is 4.03. The van der Waals surface area contributed by atoms with Crippen LogP contribution in [0.3, 0.4) is 0 Å². The Balaban J connectivity index is 3.19. The van der Waals surface area contributed by atoms with Gasteiger partial charge in [-0.1, -0.05) is 0 Å². The number of nitro groups is 1. The SMILES string of the molecule is CCOC(=O)c1c(C)[nH]c(C)c1/C=C/[N+](=O)[O-]. The van der Waals surface area contributed by atoms with Crippen molar-refractivity contribution in [3.05, 3.63) is 38.8 Å². The number of hydrogen-bond donors (Lipinski definition) is 1. The molecule has 0 saturated heterocycles. The van der Waals surface area contributed by atoms with Crippen LogP contribution in [-0.2, 0) is 4.74 Å².